The molecule has 0 aliphatic rings. The van der Waals surface area contributed by atoms with E-state index in [9.17, 15) is 4.79 Å². The minimum Gasteiger partial charge on any atom is -0.398 e. The number of carbonyl (C=O) groups is 1. The van der Waals surface area contributed by atoms with E-state index in [1.54, 1.807) is 12.2 Å². The van der Waals surface area contributed by atoms with Crippen molar-refractivity contribution in [3.8, 4) is 0 Å². The Balaban J connectivity index is 0.000000168. The fourth-order valence-electron chi connectivity index (χ4n) is 11.4. The highest BCUT2D eigenvalue weighted by atomic mass is 79.9. The van der Waals surface area contributed by atoms with Crippen LogP contribution in [0.25, 0.3) is 76.8 Å². The molecule has 10 nitrogen and oxygen atoms in total. The van der Waals surface area contributed by atoms with Crippen molar-refractivity contribution in [1.29, 1.82) is 0 Å². The molecular weight excluding hydrogens is 2160 g/mol. The van der Waals surface area contributed by atoms with Gasteiger partial charge < -0.3 is 17.2 Å². The van der Waals surface area contributed by atoms with Gasteiger partial charge in [-0.1, -0.05) is 112 Å². The lowest BCUT2D eigenvalue weighted by molar-refractivity contribution is 0.112. The van der Waals surface area contributed by atoms with Crippen molar-refractivity contribution in [2.75, 3.05) is 17.2 Å². The number of fused-ring (bicyclic) bond motifs is 6. The Labute approximate surface area is 694 Å². The maximum atomic E-state index is 11.2. The van der Waals surface area contributed by atoms with Crippen LogP contribution >= 0.6 is 223 Å². The van der Waals surface area contributed by atoms with E-state index in [1.165, 1.54) is 54.9 Å². The van der Waals surface area contributed by atoms with Gasteiger partial charge in [-0.25, -0.2) is 29.9 Å². The lowest BCUT2D eigenvalue weighted by Gasteiger charge is -2.18. The molecule has 0 aliphatic carbocycles. The lowest BCUT2D eigenvalue weighted by atomic mass is 9.91. The summed E-state index contributed by atoms with van der Waals surface area (Å²) in [5, 5.41) is 13.5. The standard InChI is InChI=1S/C16H14Br3N.C16H20N4.C13H10Br3NO.C12H10Br3N.C9H4Br3N.C9H5Br2N/c2*1-5-6-7-11-8(2)13-12(9(3)14(11)17)10(4)15(18)20-16(13)19;1-5-8(4-18)11(14)6(2)9-7(3)12(15)17-13(16)10(5)9;1-5-4-8(13)6(2)10-7(3)11(14)16-12(15)9(5)10;10-6-1-2-7-5(3-6)4-8(11)13-9(7)12;10-8-5-6-3-1-2-4-7(6)9(11)12-8/h5-7H,1H2,2-4H3;5-7H,1,17H2,2-4H3,(H4,18,19,20);4H,1-3H3;4H,1-3H3;1-4H;1-5H/b2*7-6+;;;;. The number of halogens is 14. The van der Waals surface area contributed by atoms with Gasteiger partial charge in [-0.15, -0.1) is 0 Å². The fourth-order valence-corrected chi connectivity index (χ4v) is 19.9. The highest BCUT2D eigenvalue weighted by Crippen LogP contribution is 2.44. The van der Waals surface area contributed by atoms with Crippen molar-refractivity contribution in [3.05, 3.63) is 246 Å². The Morgan fingerprint density at radius 3 is 1.28 bits per heavy atom. The third-order valence-electron chi connectivity index (χ3n) is 16.6. The smallest absolute Gasteiger partial charge is 0.151 e. The fraction of sp³-hybridized carbons (Fsp3) is 0.160. The molecule has 12 rings (SSSR count). The number of aldehydes is 1. The number of aryl methyl sites for hydroxylation is 12. The number of pyridine rings is 6. The molecule has 0 aliphatic heterocycles. The summed E-state index contributed by atoms with van der Waals surface area (Å²) >= 11 is 48.9. The molecule has 0 spiro atoms. The summed E-state index contributed by atoms with van der Waals surface area (Å²) in [5.74, 6) is 0.892. The van der Waals surface area contributed by atoms with Crippen LogP contribution in [0.1, 0.15) is 88.2 Å². The molecule has 0 saturated carbocycles. The van der Waals surface area contributed by atoms with Crippen molar-refractivity contribution < 1.29 is 4.79 Å². The number of aromatic nitrogens is 6. The Morgan fingerprint density at radius 1 is 0.354 bits per heavy atom. The summed E-state index contributed by atoms with van der Waals surface area (Å²) in [6.45, 7) is 31.9. The van der Waals surface area contributed by atoms with Gasteiger partial charge >= 0.3 is 0 Å². The average Bonchev–Trinajstić information content (AvgIpc) is 0.758. The van der Waals surface area contributed by atoms with Crippen LogP contribution in [0, 0.1) is 83.1 Å². The first-order valence-corrected chi connectivity index (χ1v) is 40.8. The van der Waals surface area contributed by atoms with E-state index in [1.807, 2.05) is 102 Å². The summed E-state index contributed by atoms with van der Waals surface area (Å²) in [6.07, 6.45) is 12.2. The highest BCUT2D eigenvalue weighted by Gasteiger charge is 2.22. The number of nitrogen functional groups attached to an aromatic ring is 3. The van der Waals surface area contributed by atoms with Crippen LogP contribution in [0.3, 0.4) is 0 Å². The van der Waals surface area contributed by atoms with Gasteiger partial charge in [0.2, 0.25) is 0 Å². The number of nitrogens with zero attached hydrogens (tertiary/aromatic N) is 6. The number of nitrogens with two attached hydrogens (primary N) is 3. The second kappa shape index (κ2) is 36.0. The molecule has 6 N–H and O–H groups in total. The number of allylic oxidation sites excluding steroid dienone is 4. The van der Waals surface area contributed by atoms with Crippen LogP contribution in [-0.2, 0) is 0 Å². The van der Waals surface area contributed by atoms with Crippen LogP contribution in [0.15, 0.2) is 162 Å². The zero-order valence-electron chi connectivity index (χ0n) is 55.3. The zero-order chi connectivity index (χ0) is 73.7. The second-order valence-corrected chi connectivity index (χ2v) is 33.7. The SMILES string of the molecule is Brc1cc2ccccc2c(Br)n1.Brc1ccc2c(Br)nc(Br)cc2c1.C=C/C=C/c1c(Br)c(C)c2c(C)c(Br)nc(Br)c2c1C.C=C/C=C/c1c(N)c(C)c2c(C)c(N)nc(N)c2c1C.Cc1c(C=O)c(Br)c(C)c2c(C)c(Br)nc(Br)c12.Cc1cc(Br)c(C)c2c(C)c(Br)nc(Br)c12. The van der Waals surface area contributed by atoms with Crippen molar-refractivity contribution >= 4 is 323 Å². The van der Waals surface area contributed by atoms with E-state index >= 15 is 0 Å². The van der Waals surface area contributed by atoms with E-state index < -0.39 is 0 Å². The van der Waals surface area contributed by atoms with E-state index in [0.717, 1.165) is 163 Å². The summed E-state index contributed by atoms with van der Waals surface area (Å²) in [5.41, 5.74) is 35.0. The number of anilines is 3. The minimum absolute atomic E-state index is 0.442. The predicted octanol–water partition coefficient (Wildman–Crippen LogP) is 28.7. The molecule has 0 unspecified atom stereocenters. The molecule has 0 radical (unpaired) electrons. The Kier molecular flexibility index (Phi) is 30.1. The molecule has 6 heterocycles. The molecule has 0 bridgehead atoms. The first-order chi connectivity index (χ1) is 46.6. The first kappa shape index (κ1) is 82.8. The highest BCUT2D eigenvalue weighted by molar-refractivity contribution is 9.13. The third kappa shape index (κ3) is 18.3. The normalized spacial score (nSPS) is 11.1. The average molecular weight is 2230 g/mol. The van der Waals surface area contributed by atoms with E-state index in [-0.39, 0.29) is 0 Å². The lowest BCUT2D eigenvalue weighted by Crippen LogP contribution is -2.06. The predicted molar refractivity (Wildman–Crippen MR) is 472 cm³/mol. The number of hydrogen-bond donors (Lipinski definition) is 3. The van der Waals surface area contributed by atoms with E-state index in [2.05, 4.69) is 332 Å². The molecule has 512 valence electrons. The summed E-state index contributed by atoms with van der Waals surface area (Å²) < 4.78 is 12.7. The minimum atomic E-state index is 0.442. The van der Waals surface area contributed by atoms with Gasteiger partial charge in [0, 0.05) is 67.0 Å². The summed E-state index contributed by atoms with van der Waals surface area (Å²) in [6, 6.07) is 20.3. The van der Waals surface area contributed by atoms with Crippen LogP contribution < -0.4 is 17.2 Å². The van der Waals surface area contributed by atoms with Crippen LogP contribution in [0.2, 0.25) is 0 Å². The Hall–Kier alpha value is -3.47. The number of carbonyl (C=O) groups excluding carboxylic acids is 1. The first-order valence-electron chi connectivity index (χ1n) is 29.7. The summed E-state index contributed by atoms with van der Waals surface area (Å²) in [7, 11) is 0. The topological polar surface area (TPSA) is 172 Å². The van der Waals surface area contributed by atoms with Gasteiger partial charge in [0.25, 0.3) is 0 Å². The Morgan fingerprint density at radius 2 is 0.778 bits per heavy atom. The van der Waals surface area contributed by atoms with E-state index in [4.69, 9.17) is 17.2 Å². The van der Waals surface area contributed by atoms with Crippen LogP contribution in [0.5, 0.6) is 0 Å². The number of rotatable bonds is 5. The van der Waals surface area contributed by atoms with Crippen LogP contribution in [0.4, 0.5) is 17.3 Å². The van der Waals surface area contributed by atoms with Gasteiger partial charge in [-0.2, -0.15) is 0 Å². The van der Waals surface area contributed by atoms with Crippen molar-refractivity contribution in [1.82, 2.24) is 29.9 Å². The maximum Gasteiger partial charge on any atom is 0.151 e. The molecule has 0 atom stereocenters. The molecule has 0 fully saturated rings. The van der Waals surface area contributed by atoms with Crippen molar-refractivity contribution in [3.63, 3.8) is 0 Å². The molecule has 0 saturated heterocycles. The Bertz CT molecular complexity index is 5170. The van der Waals surface area contributed by atoms with Crippen molar-refractivity contribution in [2.45, 2.75) is 83.1 Å². The second-order valence-electron chi connectivity index (χ2n) is 22.7. The molecular formula is C75H63Br14N9O. The van der Waals surface area contributed by atoms with E-state index in [0.29, 0.717) is 17.2 Å². The molecule has 0 amide bonds. The largest absolute Gasteiger partial charge is 0.398 e. The van der Waals surface area contributed by atoms with Gasteiger partial charge in [-0.05, 0) is 409 Å². The number of benzene rings is 6. The monoisotopic (exact) mass is 2210 g/mol. The van der Waals surface area contributed by atoms with Gasteiger partial charge in [0.05, 0.1) is 0 Å². The molecule has 6 aromatic carbocycles. The molecule has 24 heteroatoms. The van der Waals surface area contributed by atoms with Crippen LogP contribution in [-0.4, -0.2) is 36.2 Å². The van der Waals surface area contributed by atoms with Crippen molar-refractivity contribution in [2.24, 2.45) is 0 Å². The van der Waals surface area contributed by atoms with Gasteiger partial charge in [0.15, 0.2) is 6.29 Å². The maximum absolute atomic E-state index is 11.2. The van der Waals surface area contributed by atoms with Gasteiger partial charge in [0.1, 0.15) is 57.7 Å². The molecule has 12 aromatic rings. The van der Waals surface area contributed by atoms with Gasteiger partial charge in [-0.3, -0.25) is 4.79 Å². The zero-order valence-corrected chi connectivity index (χ0v) is 77.5. The summed E-state index contributed by atoms with van der Waals surface area (Å²) in [4.78, 5) is 37.3. The molecule has 99 heavy (non-hydrogen) atoms. The quantitative estimate of drug-likeness (QED) is 0.0652. The third-order valence-corrected chi connectivity index (χ3v) is 26.0. The number of hydrogen-bond acceptors (Lipinski definition) is 10. The molecule has 6 aromatic heterocycles.